The largest absolute Gasteiger partial charge is 0.347 e. The fraction of sp³-hybridized carbons (Fsp3) is 0.0556. The molecule has 0 bridgehead atoms. The van der Waals surface area contributed by atoms with Crippen molar-refractivity contribution in [3.8, 4) is 0 Å². The van der Waals surface area contributed by atoms with Gasteiger partial charge >= 0.3 is 0 Å². The molecule has 0 atom stereocenters. The summed E-state index contributed by atoms with van der Waals surface area (Å²) in [4.78, 5) is 20.6. The van der Waals surface area contributed by atoms with Gasteiger partial charge in [-0.1, -0.05) is 41.4 Å². The Kier molecular flexibility index (Phi) is 5.48. The van der Waals surface area contributed by atoms with Crippen LogP contribution < -0.4 is 10.6 Å². The van der Waals surface area contributed by atoms with E-state index >= 15 is 0 Å². The number of rotatable bonds is 5. The molecule has 2 N–H and O–H groups in total. The van der Waals surface area contributed by atoms with E-state index in [1.807, 2.05) is 18.2 Å². The average molecular weight is 373 g/mol. The molecule has 0 aliphatic rings. The SMILES string of the molecule is O=C(NCc1ccccc1Cl)c1ccnc(Nc2ccc(Cl)cc2)n1. The molecule has 0 unspecified atom stereocenters. The monoisotopic (exact) mass is 372 g/mol. The predicted molar refractivity (Wildman–Crippen MR) is 99.4 cm³/mol. The van der Waals surface area contributed by atoms with Gasteiger partial charge in [-0.2, -0.15) is 0 Å². The van der Waals surface area contributed by atoms with Gasteiger partial charge in [-0.25, -0.2) is 9.97 Å². The van der Waals surface area contributed by atoms with Crippen LogP contribution in [0.25, 0.3) is 0 Å². The van der Waals surface area contributed by atoms with Crippen LogP contribution in [0.15, 0.2) is 60.8 Å². The third kappa shape index (κ3) is 4.68. The van der Waals surface area contributed by atoms with Gasteiger partial charge in [-0.3, -0.25) is 4.79 Å². The maximum absolute atomic E-state index is 12.3. The Bertz CT molecular complexity index is 884. The number of hydrogen-bond acceptors (Lipinski definition) is 4. The number of halogens is 2. The molecule has 2 aromatic carbocycles. The highest BCUT2D eigenvalue weighted by molar-refractivity contribution is 6.31. The van der Waals surface area contributed by atoms with Crippen LogP contribution in [0.1, 0.15) is 16.1 Å². The van der Waals surface area contributed by atoms with Gasteiger partial charge in [-0.05, 0) is 42.0 Å². The van der Waals surface area contributed by atoms with Gasteiger partial charge in [0.25, 0.3) is 5.91 Å². The van der Waals surface area contributed by atoms with E-state index in [1.54, 1.807) is 36.4 Å². The van der Waals surface area contributed by atoms with E-state index in [0.717, 1.165) is 11.3 Å². The zero-order valence-electron chi connectivity index (χ0n) is 13.0. The van der Waals surface area contributed by atoms with Crippen LogP contribution in [-0.2, 0) is 6.54 Å². The van der Waals surface area contributed by atoms with Crippen molar-refractivity contribution in [1.82, 2.24) is 15.3 Å². The number of nitrogens with zero attached hydrogens (tertiary/aromatic N) is 2. The Balaban J connectivity index is 1.67. The van der Waals surface area contributed by atoms with Gasteiger partial charge in [0.15, 0.2) is 0 Å². The molecular weight excluding hydrogens is 359 g/mol. The highest BCUT2D eigenvalue weighted by Crippen LogP contribution is 2.17. The van der Waals surface area contributed by atoms with E-state index in [4.69, 9.17) is 23.2 Å². The standard InChI is InChI=1S/C18H14Cl2N4O/c19-13-5-7-14(8-6-13)23-18-21-10-9-16(24-18)17(25)22-11-12-3-1-2-4-15(12)20/h1-10H,11H2,(H,22,25)(H,21,23,24). The molecule has 126 valence electrons. The molecule has 0 saturated heterocycles. The van der Waals surface area contributed by atoms with E-state index in [-0.39, 0.29) is 11.6 Å². The van der Waals surface area contributed by atoms with Gasteiger partial charge in [0.05, 0.1) is 0 Å². The molecule has 0 spiro atoms. The fourth-order valence-electron chi connectivity index (χ4n) is 2.12. The molecule has 3 rings (SSSR count). The van der Waals surface area contributed by atoms with Crippen LogP contribution in [0.2, 0.25) is 10.0 Å². The molecule has 0 aliphatic carbocycles. The van der Waals surface area contributed by atoms with E-state index in [9.17, 15) is 4.79 Å². The number of anilines is 2. The first-order chi connectivity index (χ1) is 12.1. The fourth-order valence-corrected chi connectivity index (χ4v) is 2.44. The van der Waals surface area contributed by atoms with E-state index < -0.39 is 0 Å². The van der Waals surface area contributed by atoms with Gasteiger partial charge in [-0.15, -0.1) is 0 Å². The Hall–Kier alpha value is -2.63. The van der Waals surface area contributed by atoms with Crippen LogP contribution >= 0.6 is 23.2 Å². The Morgan fingerprint density at radius 2 is 1.76 bits per heavy atom. The Labute approximate surface area is 155 Å². The molecule has 25 heavy (non-hydrogen) atoms. The summed E-state index contributed by atoms with van der Waals surface area (Å²) in [7, 11) is 0. The summed E-state index contributed by atoms with van der Waals surface area (Å²) in [6.45, 7) is 0.322. The number of amides is 1. The van der Waals surface area contributed by atoms with Crippen LogP contribution in [0.4, 0.5) is 11.6 Å². The summed E-state index contributed by atoms with van der Waals surface area (Å²) in [5.41, 5.74) is 1.88. The number of benzene rings is 2. The first-order valence-electron chi connectivity index (χ1n) is 7.49. The maximum Gasteiger partial charge on any atom is 0.270 e. The van der Waals surface area contributed by atoms with Gasteiger partial charge in [0.1, 0.15) is 5.69 Å². The highest BCUT2D eigenvalue weighted by Gasteiger charge is 2.09. The lowest BCUT2D eigenvalue weighted by Gasteiger charge is -2.08. The van der Waals surface area contributed by atoms with Crippen LogP contribution in [-0.4, -0.2) is 15.9 Å². The first-order valence-corrected chi connectivity index (χ1v) is 8.24. The lowest BCUT2D eigenvalue weighted by molar-refractivity contribution is 0.0946. The molecule has 0 aliphatic heterocycles. The summed E-state index contributed by atoms with van der Waals surface area (Å²) < 4.78 is 0. The molecule has 0 radical (unpaired) electrons. The van der Waals surface area contributed by atoms with E-state index in [0.29, 0.717) is 22.5 Å². The zero-order chi connectivity index (χ0) is 17.6. The number of carbonyl (C=O) groups excluding carboxylic acids is 1. The minimum Gasteiger partial charge on any atom is -0.347 e. The van der Waals surface area contributed by atoms with Crippen molar-refractivity contribution in [2.45, 2.75) is 6.54 Å². The highest BCUT2D eigenvalue weighted by atomic mass is 35.5. The normalized spacial score (nSPS) is 10.3. The second kappa shape index (κ2) is 7.96. The second-order valence-electron chi connectivity index (χ2n) is 5.17. The quantitative estimate of drug-likeness (QED) is 0.693. The van der Waals surface area contributed by atoms with Gasteiger partial charge in [0, 0.05) is 28.5 Å². The zero-order valence-corrected chi connectivity index (χ0v) is 14.6. The second-order valence-corrected chi connectivity index (χ2v) is 6.02. The smallest absolute Gasteiger partial charge is 0.270 e. The molecule has 0 fully saturated rings. The van der Waals surface area contributed by atoms with E-state index in [2.05, 4.69) is 20.6 Å². The molecular formula is C18H14Cl2N4O. The number of nitrogens with one attached hydrogen (secondary N) is 2. The third-order valence-electron chi connectivity index (χ3n) is 3.39. The summed E-state index contributed by atoms with van der Waals surface area (Å²) in [6.07, 6.45) is 1.52. The van der Waals surface area contributed by atoms with Gasteiger partial charge < -0.3 is 10.6 Å². The predicted octanol–water partition coefficient (Wildman–Crippen LogP) is 4.46. The summed E-state index contributed by atoms with van der Waals surface area (Å²) in [5.74, 6) is 0.0224. The summed E-state index contributed by atoms with van der Waals surface area (Å²) in [6, 6.07) is 16.0. The number of carbonyl (C=O) groups is 1. The van der Waals surface area contributed by atoms with E-state index in [1.165, 1.54) is 6.20 Å². The maximum atomic E-state index is 12.3. The minimum absolute atomic E-state index is 0.263. The number of hydrogen-bond donors (Lipinski definition) is 2. The van der Waals surface area contributed by atoms with Crippen molar-refractivity contribution < 1.29 is 4.79 Å². The molecule has 0 saturated carbocycles. The van der Waals surface area contributed by atoms with Gasteiger partial charge in [0.2, 0.25) is 5.95 Å². The van der Waals surface area contributed by atoms with Crippen molar-refractivity contribution in [2.24, 2.45) is 0 Å². The van der Waals surface area contributed by atoms with Crippen molar-refractivity contribution >= 4 is 40.7 Å². The minimum atomic E-state index is -0.304. The van der Waals surface area contributed by atoms with Crippen LogP contribution in [0, 0.1) is 0 Å². The lowest BCUT2D eigenvalue weighted by atomic mass is 10.2. The topological polar surface area (TPSA) is 66.9 Å². The molecule has 7 heteroatoms. The summed E-state index contributed by atoms with van der Waals surface area (Å²) >= 11 is 11.9. The molecule has 3 aromatic rings. The van der Waals surface area contributed by atoms with Crippen molar-refractivity contribution in [2.75, 3.05) is 5.32 Å². The molecule has 1 aromatic heterocycles. The molecule has 5 nitrogen and oxygen atoms in total. The van der Waals surface area contributed by atoms with Crippen molar-refractivity contribution in [3.05, 3.63) is 82.1 Å². The first kappa shape index (κ1) is 17.2. The molecule has 1 heterocycles. The molecule has 1 amide bonds. The Morgan fingerprint density at radius 3 is 2.52 bits per heavy atom. The Morgan fingerprint density at radius 1 is 1.00 bits per heavy atom. The third-order valence-corrected chi connectivity index (χ3v) is 4.01. The van der Waals surface area contributed by atoms with Crippen molar-refractivity contribution in [3.63, 3.8) is 0 Å². The van der Waals surface area contributed by atoms with Crippen LogP contribution in [0.5, 0.6) is 0 Å². The lowest BCUT2D eigenvalue weighted by Crippen LogP contribution is -2.24. The number of aromatic nitrogens is 2. The van der Waals surface area contributed by atoms with Crippen molar-refractivity contribution in [1.29, 1.82) is 0 Å². The average Bonchev–Trinajstić information content (AvgIpc) is 2.63. The van der Waals surface area contributed by atoms with Crippen LogP contribution in [0.3, 0.4) is 0 Å². The summed E-state index contributed by atoms with van der Waals surface area (Å²) in [5, 5.41) is 7.07.